The number of nitrogen functional groups attached to an aromatic ring is 1. The highest BCUT2D eigenvalue weighted by Gasteiger charge is 1.71. The van der Waals surface area contributed by atoms with E-state index in [9.17, 15) is 0 Å². The highest BCUT2D eigenvalue weighted by atomic mass is 31.1. The summed E-state index contributed by atoms with van der Waals surface area (Å²) in [5, 5.41) is 0. The van der Waals surface area contributed by atoms with Crippen LogP contribution in [0.25, 0.3) is 0 Å². The van der Waals surface area contributed by atoms with Crippen molar-refractivity contribution >= 4 is 8.51 Å². The second-order valence-electron chi connectivity index (χ2n) is 0.883. The van der Waals surface area contributed by atoms with Crippen molar-refractivity contribution in [2.75, 3.05) is 5.84 Å². The van der Waals surface area contributed by atoms with Gasteiger partial charge in [0.2, 0.25) is 0 Å². The van der Waals surface area contributed by atoms with Gasteiger partial charge in [-0.05, 0) is 0 Å². The molecule has 0 amide bonds. The molecule has 3 nitrogen and oxygen atoms in total. The van der Waals surface area contributed by atoms with Crippen LogP contribution in [0.2, 0.25) is 0 Å². The van der Waals surface area contributed by atoms with Gasteiger partial charge in [-0.25, -0.2) is 9.19 Å². The maximum absolute atomic E-state index is 5.18. The van der Waals surface area contributed by atoms with E-state index in [1.165, 1.54) is 4.44 Å². The van der Waals surface area contributed by atoms with Gasteiger partial charge in [0.15, 0.2) is 8.51 Å². The highest BCUT2D eigenvalue weighted by Crippen LogP contribution is 1.89. The minimum atomic E-state index is 0.815. The van der Waals surface area contributed by atoms with Crippen LogP contribution in [-0.4, -0.2) is 9.19 Å². The summed E-state index contributed by atoms with van der Waals surface area (Å²) in [6.07, 6.45) is 3.38. The molecule has 0 saturated carbocycles. The van der Waals surface area contributed by atoms with Crippen molar-refractivity contribution in [1.82, 2.24) is 9.19 Å². The molecule has 0 unspecified atom stereocenters. The number of hydrogen-bond donors (Lipinski definition) is 1. The normalized spacial score (nSPS) is 10.0. The Hall–Kier alpha value is -0.560. The molecule has 0 aliphatic heterocycles. The zero-order valence-corrected chi connectivity index (χ0v) is 3.97. The van der Waals surface area contributed by atoms with Crippen LogP contribution >= 0.6 is 8.51 Å². The molecule has 0 saturated heterocycles. The van der Waals surface area contributed by atoms with Gasteiger partial charge in [0, 0.05) is 0 Å². The van der Waals surface area contributed by atoms with Gasteiger partial charge in [-0.15, -0.1) is 0 Å². The van der Waals surface area contributed by atoms with Crippen LogP contribution in [-0.2, 0) is 0 Å². The van der Waals surface area contributed by atoms with E-state index in [-0.39, 0.29) is 0 Å². The summed E-state index contributed by atoms with van der Waals surface area (Å²) in [5.74, 6) is 5.18. The molecule has 6 heavy (non-hydrogen) atoms. The van der Waals surface area contributed by atoms with Crippen LogP contribution < -0.4 is 5.84 Å². The maximum atomic E-state index is 5.18. The fraction of sp³-hybridized carbons (Fsp3) is 0. The molecule has 2 N–H and O–H groups in total. The molecule has 1 heterocycles. The van der Waals surface area contributed by atoms with Crippen LogP contribution in [0.5, 0.6) is 0 Å². The lowest BCUT2D eigenvalue weighted by Gasteiger charge is -1.77. The van der Waals surface area contributed by atoms with Gasteiger partial charge in [0.25, 0.3) is 0 Å². The molecule has 0 bridgehead atoms. The minimum Gasteiger partial charge on any atom is -0.335 e. The SMILES string of the molecule is Nn1ccnp1. The van der Waals surface area contributed by atoms with Gasteiger partial charge in [0.1, 0.15) is 0 Å². The average molecular weight is 101 g/mol. The zero-order chi connectivity index (χ0) is 4.41. The Morgan fingerprint density at radius 1 is 1.83 bits per heavy atom. The third-order valence-corrected chi connectivity index (χ3v) is 1.02. The van der Waals surface area contributed by atoms with Crippen molar-refractivity contribution in [3.05, 3.63) is 12.4 Å². The summed E-state index contributed by atoms with van der Waals surface area (Å²) in [6.45, 7) is 0. The molecule has 0 fully saturated rings. The van der Waals surface area contributed by atoms with Crippen molar-refractivity contribution in [2.45, 2.75) is 0 Å². The van der Waals surface area contributed by atoms with Crippen molar-refractivity contribution in [3.63, 3.8) is 0 Å². The summed E-state index contributed by atoms with van der Waals surface area (Å²) in [7, 11) is 0.815. The van der Waals surface area contributed by atoms with Crippen molar-refractivity contribution in [2.24, 2.45) is 0 Å². The predicted molar refractivity (Wildman–Crippen MR) is 24.9 cm³/mol. The quantitative estimate of drug-likeness (QED) is 0.473. The Morgan fingerprint density at radius 2 is 2.67 bits per heavy atom. The van der Waals surface area contributed by atoms with E-state index in [0.717, 1.165) is 8.51 Å². The van der Waals surface area contributed by atoms with E-state index in [4.69, 9.17) is 5.84 Å². The van der Waals surface area contributed by atoms with Gasteiger partial charge in [-0.1, -0.05) is 0 Å². The first-order chi connectivity index (χ1) is 2.89. The van der Waals surface area contributed by atoms with Crippen LogP contribution in [0.15, 0.2) is 12.4 Å². The predicted octanol–water partition coefficient (Wildman–Crippen LogP) is 0.177. The van der Waals surface area contributed by atoms with Crippen LogP contribution in [0.3, 0.4) is 0 Å². The van der Waals surface area contributed by atoms with Crippen LogP contribution in [0, 0.1) is 0 Å². The van der Waals surface area contributed by atoms with E-state index >= 15 is 0 Å². The van der Waals surface area contributed by atoms with E-state index in [1.807, 2.05) is 0 Å². The first kappa shape index (κ1) is 3.62. The fourth-order valence-electron chi connectivity index (χ4n) is 0.217. The number of rotatable bonds is 0. The average Bonchev–Trinajstić information content (AvgIpc) is 1.86. The van der Waals surface area contributed by atoms with E-state index in [0.29, 0.717) is 0 Å². The molecule has 1 aromatic heterocycles. The van der Waals surface area contributed by atoms with Gasteiger partial charge in [-0.3, -0.25) is 0 Å². The molecule has 0 aliphatic rings. The number of nitrogens with zero attached hydrogens (tertiary/aromatic N) is 2. The first-order valence-electron chi connectivity index (χ1n) is 1.51. The molecule has 0 aromatic carbocycles. The van der Waals surface area contributed by atoms with Crippen LogP contribution in [0.1, 0.15) is 0 Å². The summed E-state index contributed by atoms with van der Waals surface area (Å²) in [5.41, 5.74) is 0. The monoisotopic (exact) mass is 101 g/mol. The second-order valence-corrected chi connectivity index (χ2v) is 1.75. The van der Waals surface area contributed by atoms with Gasteiger partial charge < -0.3 is 5.84 Å². The number of hydrogen-bond acceptors (Lipinski definition) is 2. The smallest absolute Gasteiger partial charge is 0.152 e. The largest absolute Gasteiger partial charge is 0.335 e. The number of aromatic nitrogens is 2. The Labute approximate surface area is 37.0 Å². The Balaban J connectivity index is 3.05. The van der Waals surface area contributed by atoms with E-state index in [1.54, 1.807) is 12.4 Å². The topological polar surface area (TPSA) is 43.8 Å². The second kappa shape index (κ2) is 1.27. The van der Waals surface area contributed by atoms with Gasteiger partial charge >= 0.3 is 0 Å². The van der Waals surface area contributed by atoms with Crippen molar-refractivity contribution < 1.29 is 0 Å². The molecule has 4 heteroatoms. The van der Waals surface area contributed by atoms with Crippen molar-refractivity contribution in [1.29, 1.82) is 0 Å². The third-order valence-electron chi connectivity index (χ3n) is 0.441. The molecular weight excluding hydrogens is 97.0 g/mol. The molecule has 0 radical (unpaired) electrons. The molecule has 1 rings (SSSR count). The molecular formula is C2H4N3P. The molecule has 0 aliphatic carbocycles. The van der Waals surface area contributed by atoms with Crippen LogP contribution in [0.4, 0.5) is 0 Å². The van der Waals surface area contributed by atoms with Crippen molar-refractivity contribution in [3.8, 4) is 0 Å². The van der Waals surface area contributed by atoms with Gasteiger partial charge in [-0.2, -0.15) is 0 Å². The Morgan fingerprint density at radius 3 is 2.83 bits per heavy atom. The number of nitrogens with two attached hydrogens (primary N) is 1. The minimum absolute atomic E-state index is 0.815. The Kier molecular flexibility index (Phi) is 0.765. The summed E-state index contributed by atoms with van der Waals surface area (Å²) < 4.78 is 5.24. The lowest BCUT2D eigenvalue weighted by atomic mass is 11.0. The molecule has 32 valence electrons. The third kappa shape index (κ3) is 0.494. The standard InChI is InChI=1S/C2H4N3P/c3-5-2-1-4-6-5/h1-2H,3H2. The lowest BCUT2D eigenvalue weighted by molar-refractivity contribution is 1.14. The summed E-state index contributed by atoms with van der Waals surface area (Å²) in [6, 6.07) is 0. The molecule has 0 atom stereocenters. The summed E-state index contributed by atoms with van der Waals surface area (Å²) in [4.78, 5) is 0. The Bertz CT molecular complexity index is 112. The highest BCUT2D eigenvalue weighted by molar-refractivity contribution is 7.21. The van der Waals surface area contributed by atoms with E-state index < -0.39 is 0 Å². The van der Waals surface area contributed by atoms with Gasteiger partial charge in [0.05, 0.1) is 12.4 Å². The first-order valence-corrected chi connectivity index (χ1v) is 2.31. The zero-order valence-electron chi connectivity index (χ0n) is 3.07. The lowest BCUT2D eigenvalue weighted by Crippen LogP contribution is -1.98. The van der Waals surface area contributed by atoms with E-state index in [2.05, 4.69) is 4.75 Å². The fourth-order valence-corrected chi connectivity index (χ4v) is 0.575. The summed E-state index contributed by atoms with van der Waals surface area (Å²) >= 11 is 0. The molecule has 0 spiro atoms. The molecule has 1 aromatic rings. The maximum Gasteiger partial charge on any atom is 0.152 e.